The van der Waals surface area contributed by atoms with E-state index in [1.807, 2.05) is 25.1 Å². The lowest BCUT2D eigenvalue weighted by Gasteiger charge is -2.18. The van der Waals surface area contributed by atoms with Crippen LogP contribution in [0.2, 0.25) is 0 Å². The van der Waals surface area contributed by atoms with E-state index in [-0.39, 0.29) is 6.10 Å². The van der Waals surface area contributed by atoms with Crippen LogP contribution in [0.4, 0.5) is 0 Å². The van der Waals surface area contributed by atoms with Gasteiger partial charge in [-0.2, -0.15) is 0 Å². The third-order valence-corrected chi connectivity index (χ3v) is 4.12. The molecule has 2 aromatic rings. The van der Waals surface area contributed by atoms with E-state index in [9.17, 15) is 0 Å². The molecule has 136 valence electrons. The van der Waals surface area contributed by atoms with E-state index in [0.29, 0.717) is 0 Å². The molecule has 1 unspecified atom stereocenters. The number of methoxy groups -OCH3 is 2. The molecule has 0 fully saturated rings. The molecule has 0 saturated carbocycles. The molecule has 0 aliphatic rings. The van der Waals surface area contributed by atoms with Crippen LogP contribution in [0.3, 0.4) is 0 Å². The predicted molar refractivity (Wildman–Crippen MR) is 102 cm³/mol. The molecule has 0 heterocycles. The van der Waals surface area contributed by atoms with Crippen molar-refractivity contribution in [3.8, 4) is 11.5 Å². The molecule has 0 aliphatic heterocycles. The number of hydrogen-bond acceptors (Lipinski definition) is 4. The first kappa shape index (κ1) is 19.3. The molecule has 0 amide bonds. The minimum atomic E-state index is 0.192. The van der Waals surface area contributed by atoms with Gasteiger partial charge < -0.3 is 19.5 Å². The lowest BCUT2D eigenvalue weighted by atomic mass is 10.1. The SMILES string of the molecule is CCOC(CNCCc1ccc(OC)c(OC)c1)Cc1ccccc1. The fourth-order valence-electron chi connectivity index (χ4n) is 2.83. The van der Waals surface area contributed by atoms with Gasteiger partial charge >= 0.3 is 0 Å². The monoisotopic (exact) mass is 343 g/mol. The molecule has 0 radical (unpaired) electrons. The van der Waals surface area contributed by atoms with Gasteiger partial charge in [0.05, 0.1) is 20.3 Å². The normalized spacial score (nSPS) is 12.0. The summed E-state index contributed by atoms with van der Waals surface area (Å²) >= 11 is 0. The van der Waals surface area contributed by atoms with Gasteiger partial charge in [-0.25, -0.2) is 0 Å². The second-order valence-corrected chi connectivity index (χ2v) is 5.91. The van der Waals surface area contributed by atoms with Crippen LogP contribution in [-0.2, 0) is 17.6 Å². The number of ether oxygens (including phenoxy) is 3. The van der Waals surface area contributed by atoms with Gasteiger partial charge in [-0.1, -0.05) is 36.4 Å². The average molecular weight is 343 g/mol. The Bertz CT molecular complexity index is 616. The fourth-order valence-corrected chi connectivity index (χ4v) is 2.83. The zero-order chi connectivity index (χ0) is 17.9. The molecule has 25 heavy (non-hydrogen) atoms. The molecule has 4 nitrogen and oxygen atoms in total. The van der Waals surface area contributed by atoms with Crippen LogP contribution < -0.4 is 14.8 Å². The second-order valence-electron chi connectivity index (χ2n) is 5.91. The van der Waals surface area contributed by atoms with Gasteiger partial charge in [-0.05, 0) is 49.6 Å². The van der Waals surface area contributed by atoms with E-state index in [2.05, 4.69) is 35.6 Å². The molecule has 2 aromatic carbocycles. The largest absolute Gasteiger partial charge is 0.493 e. The van der Waals surface area contributed by atoms with Crippen molar-refractivity contribution in [2.24, 2.45) is 0 Å². The van der Waals surface area contributed by atoms with Crippen molar-refractivity contribution < 1.29 is 14.2 Å². The van der Waals surface area contributed by atoms with Crippen molar-refractivity contribution in [3.05, 3.63) is 59.7 Å². The van der Waals surface area contributed by atoms with Gasteiger partial charge in [0.15, 0.2) is 11.5 Å². The Morgan fingerprint density at radius 2 is 1.68 bits per heavy atom. The molecule has 0 aliphatic carbocycles. The first-order chi connectivity index (χ1) is 12.3. The summed E-state index contributed by atoms with van der Waals surface area (Å²) in [5.74, 6) is 1.54. The van der Waals surface area contributed by atoms with Crippen LogP contribution >= 0.6 is 0 Å². The molecule has 4 heteroatoms. The Morgan fingerprint density at radius 1 is 0.920 bits per heavy atom. The van der Waals surface area contributed by atoms with Crippen molar-refractivity contribution in [2.45, 2.75) is 25.9 Å². The zero-order valence-corrected chi connectivity index (χ0v) is 15.5. The van der Waals surface area contributed by atoms with Crippen molar-refractivity contribution in [1.29, 1.82) is 0 Å². The lowest BCUT2D eigenvalue weighted by Crippen LogP contribution is -2.32. The van der Waals surface area contributed by atoms with Gasteiger partial charge in [0, 0.05) is 13.2 Å². The average Bonchev–Trinajstić information content (AvgIpc) is 2.66. The molecule has 0 spiro atoms. The Morgan fingerprint density at radius 3 is 2.36 bits per heavy atom. The maximum Gasteiger partial charge on any atom is 0.160 e. The maximum absolute atomic E-state index is 5.87. The maximum atomic E-state index is 5.87. The number of benzene rings is 2. The van der Waals surface area contributed by atoms with Crippen LogP contribution in [-0.4, -0.2) is 40.0 Å². The van der Waals surface area contributed by atoms with Gasteiger partial charge in [-0.3, -0.25) is 0 Å². The summed E-state index contributed by atoms with van der Waals surface area (Å²) in [6, 6.07) is 16.5. The Balaban J connectivity index is 1.80. The van der Waals surface area contributed by atoms with Crippen molar-refractivity contribution in [2.75, 3.05) is 33.9 Å². The Labute approximate surface area is 151 Å². The lowest BCUT2D eigenvalue weighted by molar-refractivity contribution is 0.0633. The van der Waals surface area contributed by atoms with E-state index in [1.54, 1.807) is 14.2 Å². The topological polar surface area (TPSA) is 39.7 Å². The van der Waals surface area contributed by atoms with Crippen molar-refractivity contribution >= 4 is 0 Å². The highest BCUT2D eigenvalue weighted by Gasteiger charge is 2.09. The molecule has 0 saturated heterocycles. The fraction of sp³-hybridized carbons (Fsp3) is 0.429. The van der Waals surface area contributed by atoms with E-state index >= 15 is 0 Å². The molecule has 0 aromatic heterocycles. The summed E-state index contributed by atoms with van der Waals surface area (Å²) < 4.78 is 16.5. The molecule has 0 bridgehead atoms. The first-order valence-corrected chi connectivity index (χ1v) is 8.84. The number of hydrogen-bond donors (Lipinski definition) is 1. The smallest absolute Gasteiger partial charge is 0.160 e. The quantitative estimate of drug-likeness (QED) is 0.634. The Hall–Kier alpha value is -2.04. The number of nitrogens with one attached hydrogen (secondary N) is 1. The van der Waals surface area contributed by atoms with Crippen LogP contribution in [0, 0.1) is 0 Å². The third-order valence-electron chi connectivity index (χ3n) is 4.12. The van der Waals surface area contributed by atoms with E-state index in [0.717, 1.165) is 44.0 Å². The van der Waals surface area contributed by atoms with E-state index in [1.165, 1.54) is 11.1 Å². The molecule has 2 rings (SSSR count). The standard InChI is InChI=1S/C21H29NO3/c1-4-25-19(14-17-8-6-5-7-9-17)16-22-13-12-18-10-11-20(23-2)21(15-18)24-3/h5-11,15,19,22H,4,12-14,16H2,1-3H3. The minimum Gasteiger partial charge on any atom is -0.493 e. The van der Waals surface area contributed by atoms with Crippen LogP contribution in [0.15, 0.2) is 48.5 Å². The van der Waals surface area contributed by atoms with Crippen LogP contribution in [0.5, 0.6) is 11.5 Å². The zero-order valence-electron chi connectivity index (χ0n) is 15.5. The van der Waals surface area contributed by atoms with Crippen LogP contribution in [0.1, 0.15) is 18.1 Å². The first-order valence-electron chi connectivity index (χ1n) is 8.84. The molecular weight excluding hydrogens is 314 g/mol. The van der Waals surface area contributed by atoms with Crippen molar-refractivity contribution in [3.63, 3.8) is 0 Å². The summed E-state index contributed by atoms with van der Waals surface area (Å²) in [5.41, 5.74) is 2.53. The van der Waals surface area contributed by atoms with Crippen molar-refractivity contribution in [1.82, 2.24) is 5.32 Å². The minimum absolute atomic E-state index is 0.192. The third kappa shape index (κ3) is 6.40. The van der Waals surface area contributed by atoms with E-state index in [4.69, 9.17) is 14.2 Å². The van der Waals surface area contributed by atoms with Crippen LogP contribution in [0.25, 0.3) is 0 Å². The summed E-state index contributed by atoms with van der Waals surface area (Å²) in [4.78, 5) is 0. The summed E-state index contributed by atoms with van der Waals surface area (Å²) in [6.07, 6.45) is 2.06. The second kappa shape index (κ2) is 10.7. The number of rotatable bonds is 11. The van der Waals surface area contributed by atoms with Gasteiger partial charge in [0.25, 0.3) is 0 Å². The Kier molecular flexibility index (Phi) is 8.29. The summed E-state index contributed by atoms with van der Waals surface area (Å²) in [7, 11) is 3.32. The molecule has 1 atom stereocenters. The van der Waals surface area contributed by atoms with Gasteiger partial charge in [0.1, 0.15) is 0 Å². The molecule has 1 N–H and O–H groups in total. The highest BCUT2D eigenvalue weighted by Crippen LogP contribution is 2.27. The summed E-state index contributed by atoms with van der Waals surface area (Å²) in [5, 5.41) is 3.51. The molecular formula is C21H29NO3. The highest BCUT2D eigenvalue weighted by molar-refractivity contribution is 5.42. The predicted octanol–water partition coefficient (Wildman–Crippen LogP) is 3.48. The van der Waals surface area contributed by atoms with Gasteiger partial charge in [0.2, 0.25) is 0 Å². The summed E-state index contributed by atoms with van der Waals surface area (Å²) in [6.45, 7) is 4.51. The highest BCUT2D eigenvalue weighted by atomic mass is 16.5. The van der Waals surface area contributed by atoms with Gasteiger partial charge in [-0.15, -0.1) is 0 Å². The van der Waals surface area contributed by atoms with E-state index < -0.39 is 0 Å².